The van der Waals surface area contributed by atoms with Gasteiger partial charge in [-0.25, -0.2) is 4.98 Å². The van der Waals surface area contributed by atoms with Crippen molar-refractivity contribution in [3.05, 3.63) is 41.1 Å². The molecule has 0 spiro atoms. The maximum absolute atomic E-state index is 12.9. The van der Waals surface area contributed by atoms with E-state index >= 15 is 0 Å². The van der Waals surface area contributed by atoms with E-state index in [0.29, 0.717) is 35.4 Å². The van der Waals surface area contributed by atoms with E-state index in [2.05, 4.69) is 30.8 Å². The third kappa shape index (κ3) is 7.40. The van der Waals surface area contributed by atoms with Crippen LogP contribution in [-0.2, 0) is 35.8 Å². The lowest BCUT2D eigenvalue weighted by atomic mass is 10.1. The van der Waals surface area contributed by atoms with Crippen LogP contribution in [0.25, 0.3) is 0 Å². The molecular weight excluding hydrogens is 567 g/mol. The normalized spacial score (nSPS) is 16.0. The van der Waals surface area contributed by atoms with Gasteiger partial charge in [-0.2, -0.15) is 55.3 Å². The molecule has 3 aromatic heterocycles. The van der Waals surface area contributed by atoms with Gasteiger partial charge >= 0.3 is 6.18 Å². The maximum atomic E-state index is 12.9. The number of halogens is 3. The van der Waals surface area contributed by atoms with Gasteiger partial charge in [-0.15, -0.1) is 0 Å². The molecule has 0 unspecified atom stereocenters. The average Bonchev–Trinajstić information content (AvgIpc) is 3.38. The van der Waals surface area contributed by atoms with Crippen LogP contribution in [0.5, 0.6) is 0 Å². The lowest BCUT2D eigenvalue weighted by molar-refractivity contribution is -0.141. The van der Waals surface area contributed by atoms with Crippen molar-refractivity contribution in [2.45, 2.75) is 71.6 Å². The van der Waals surface area contributed by atoms with Crippen LogP contribution >= 0.6 is 27.0 Å². The number of fused-ring (bicyclic) bond motifs is 1. The van der Waals surface area contributed by atoms with Gasteiger partial charge in [-0.3, -0.25) is 14.2 Å². The topological polar surface area (TPSA) is 115 Å². The summed E-state index contributed by atoms with van der Waals surface area (Å²) in [5, 5.41) is 13.9. The lowest BCUT2D eigenvalue weighted by Crippen LogP contribution is -2.54. The van der Waals surface area contributed by atoms with Gasteiger partial charge in [0, 0.05) is 32.4 Å². The molecule has 0 fully saturated rings. The predicted octanol–water partition coefficient (Wildman–Crippen LogP) is 3.58. The van der Waals surface area contributed by atoms with Crippen LogP contribution in [0.15, 0.2) is 18.5 Å². The van der Waals surface area contributed by atoms with Gasteiger partial charge in [0.05, 0.1) is 35.8 Å². The first-order chi connectivity index (χ1) is 17.6. The molecule has 2 N–H and O–H groups in total. The Bertz CT molecular complexity index is 1340. The Kier molecular flexibility index (Phi) is 10.2. The number of carbonyl (C=O) groups is 1. The molecule has 11 nitrogen and oxygen atoms in total. The number of aryl methyl sites for hydroxylation is 2. The first-order valence-electron chi connectivity index (χ1n) is 12.1. The van der Waals surface area contributed by atoms with Crippen molar-refractivity contribution in [3.63, 3.8) is 0 Å². The van der Waals surface area contributed by atoms with Crippen molar-refractivity contribution >= 4 is 50.4 Å². The molecule has 40 heavy (non-hydrogen) atoms. The van der Waals surface area contributed by atoms with Gasteiger partial charge in [0.25, 0.3) is 0 Å². The van der Waals surface area contributed by atoms with Crippen molar-refractivity contribution in [3.8, 4) is 0 Å². The minimum Gasteiger partial charge on any atom is -0.370 e. The molecule has 3 aromatic rings. The Hall–Kier alpha value is -2.98. The molecular formula is C24H36F3N9O2S2. The van der Waals surface area contributed by atoms with E-state index in [9.17, 15) is 18.0 Å². The van der Waals surface area contributed by atoms with Crippen molar-refractivity contribution in [2.24, 2.45) is 7.05 Å². The highest BCUT2D eigenvalue weighted by Crippen LogP contribution is 2.34. The van der Waals surface area contributed by atoms with Crippen LogP contribution in [0.2, 0.25) is 0 Å². The molecule has 0 aromatic carbocycles. The first-order valence-corrected chi connectivity index (χ1v) is 12.1. The molecule has 0 saturated heterocycles. The maximum Gasteiger partial charge on any atom is 0.435 e. The van der Waals surface area contributed by atoms with Crippen LogP contribution < -0.4 is 15.5 Å². The summed E-state index contributed by atoms with van der Waals surface area (Å²) in [6, 6.07) is 0.436. The second-order valence-corrected chi connectivity index (χ2v) is 10.4. The largest absolute Gasteiger partial charge is 0.435 e. The lowest BCUT2D eigenvalue weighted by Gasteiger charge is -2.39. The highest BCUT2D eigenvalue weighted by molar-refractivity contribution is 7.59. The highest BCUT2D eigenvalue weighted by atomic mass is 32.1. The Morgan fingerprint density at radius 3 is 2.45 bits per heavy atom. The van der Waals surface area contributed by atoms with Gasteiger partial charge in [-0.05, 0) is 40.7 Å². The van der Waals surface area contributed by atoms with Crippen LogP contribution in [0.1, 0.15) is 50.3 Å². The summed E-state index contributed by atoms with van der Waals surface area (Å²) in [4.78, 5) is 23.8. The molecule has 222 valence electrons. The highest BCUT2D eigenvalue weighted by Gasteiger charge is 2.39. The molecule has 0 bridgehead atoms. The van der Waals surface area contributed by atoms with Gasteiger partial charge in [0.2, 0.25) is 11.9 Å². The minimum atomic E-state index is -4.50. The summed E-state index contributed by atoms with van der Waals surface area (Å²) < 4.78 is 47.6. The molecule has 0 aliphatic carbocycles. The number of amides is 1. The SMILES string of the molecule is Cc1nc(NCc2cnn(Cc3cc(C(F)(F)F)nn3C)c2)nc2c1NC(=O)[C@H]([C@H](C)OC(C)(C)C)N2C.S.S. The second kappa shape index (κ2) is 12.3. The molecule has 2 atom stereocenters. The zero-order valence-corrected chi connectivity index (χ0v) is 25.4. The number of hydrogen-bond acceptors (Lipinski definition) is 8. The van der Waals surface area contributed by atoms with Crippen molar-refractivity contribution in [1.29, 1.82) is 0 Å². The van der Waals surface area contributed by atoms with E-state index in [1.54, 1.807) is 31.3 Å². The molecule has 0 saturated carbocycles. The van der Waals surface area contributed by atoms with Crippen molar-refractivity contribution in [2.75, 3.05) is 22.6 Å². The third-order valence-corrected chi connectivity index (χ3v) is 6.05. The number of hydrogen-bond donors (Lipinski definition) is 2. The van der Waals surface area contributed by atoms with Gasteiger partial charge in [0.1, 0.15) is 11.7 Å². The molecule has 1 aliphatic heterocycles. The van der Waals surface area contributed by atoms with E-state index in [1.807, 2.05) is 27.7 Å². The summed E-state index contributed by atoms with van der Waals surface area (Å²) in [7, 11) is 3.26. The van der Waals surface area contributed by atoms with Crippen LogP contribution in [-0.4, -0.2) is 60.2 Å². The minimum absolute atomic E-state index is 0. The second-order valence-electron chi connectivity index (χ2n) is 10.4. The smallest absolute Gasteiger partial charge is 0.370 e. The van der Waals surface area contributed by atoms with E-state index in [1.165, 1.54) is 16.4 Å². The van der Waals surface area contributed by atoms with Crippen LogP contribution in [0.4, 0.5) is 30.6 Å². The summed E-state index contributed by atoms with van der Waals surface area (Å²) >= 11 is 0. The standard InChI is InChI=1S/C24H32F3N9O2.2H2S/c1-13-18-20(34(6)19(21(37)31-18)14(2)38-23(3,4)5)32-22(30-13)28-9-15-10-29-36(11-15)12-16-8-17(24(25,26)27)33-35(16)7;;/h8,10-11,14,19H,9,12H2,1-7H3,(H,31,37)(H,28,30,32);2*1H2/t14-,19-;;/m0../s1. The van der Waals surface area contributed by atoms with E-state index < -0.39 is 29.6 Å². The third-order valence-electron chi connectivity index (χ3n) is 6.05. The Balaban J connectivity index is 0.00000280. The van der Waals surface area contributed by atoms with E-state index in [-0.39, 0.29) is 39.4 Å². The number of aromatic nitrogens is 6. The number of rotatable bonds is 7. The molecule has 1 amide bonds. The number of anilines is 3. The Labute approximate surface area is 244 Å². The zero-order chi connectivity index (χ0) is 28.0. The Morgan fingerprint density at radius 2 is 1.85 bits per heavy atom. The van der Waals surface area contributed by atoms with E-state index in [0.717, 1.165) is 11.6 Å². The summed E-state index contributed by atoms with van der Waals surface area (Å²) in [5.74, 6) is 0.746. The average molecular weight is 604 g/mol. The monoisotopic (exact) mass is 603 g/mol. The fourth-order valence-electron chi connectivity index (χ4n) is 4.42. The van der Waals surface area contributed by atoms with Crippen molar-refractivity contribution < 1.29 is 22.7 Å². The molecule has 1 aliphatic rings. The van der Waals surface area contributed by atoms with Gasteiger partial charge < -0.3 is 20.3 Å². The quantitative estimate of drug-likeness (QED) is 0.421. The molecule has 4 heterocycles. The number of nitrogens with one attached hydrogen (secondary N) is 2. The molecule has 16 heteroatoms. The molecule has 0 radical (unpaired) electrons. The number of nitrogens with zero attached hydrogens (tertiary/aromatic N) is 7. The number of alkyl halides is 3. The van der Waals surface area contributed by atoms with Crippen LogP contribution in [0, 0.1) is 6.92 Å². The number of likely N-dealkylation sites (N-methyl/N-ethyl adjacent to an activating group) is 1. The van der Waals surface area contributed by atoms with Crippen molar-refractivity contribution in [1.82, 2.24) is 29.5 Å². The first kappa shape index (κ1) is 33.2. The fourth-order valence-corrected chi connectivity index (χ4v) is 4.42. The number of ether oxygens (including phenoxy) is 1. The van der Waals surface area contributed by atoms with Gasteiger partial charge in [0.15, 0.2) is 11.5 Å². The fraction of sp³-hybridized carbons (Fsp3) is 0.542. The number of carbonyl (C=O) groups excluding carboxylic acids is 1. The summed E-state index contributed by atoms with van der Waals surface area (Å²) in [6.07, 6.45) is -1.55. The Morgan fingerprint density at radius 1 is 1.18 bits per heavy atom. The predicted molar refractivity (Wildman–Crippen MR) is 156 cm³/mol. The zero-order valence-electron chi connectivity index (χ0n) is 23.4. The summed E-state index contributed by atoms with van der Waals surface area (Å²) in [5.41, 5.74) is 0.952. The molecule has 4 rings (SSSR count). The van der Waals surface area contributed by atoms with E-state index in [4.69, 9.17) is 4.74 Å². The summed E-state index contributed by atoms with van der Waals surface area (Å²) in [6.45, 7) is 9.92. The van der Waals surface area contributed by atoms with Crippen LogP contribution in [0.3, 0.4) is 0 Å². The van der Waals surface area contributed by atoms with Gasteiger partial charge in [-0.1, -0.05) is 0 Å².